The SMILES string of the molecule is CCOC(=O)c1sc(Nc2nc(N3CCC(O)CC3)c3c(n2)N(c2ccccc2)CCCC3)nc1C. The lowest BCUT2D eigenvalue weighted by atomic mass is 10.1. The van der Waals surface area contributed by atoms with E-state index in [2.05, 4.69) is 32.2 Å². The van der Waals surface area contributed by atoms with Gasteiger partial charge in [-0.15, -0.1) is 0 Å². The van der Waals surface area contributed by atoms with Gasteiger partial charge in [0.05, 0.1) is 18.4 Å². The predicted octanol–water partition coefficient (Wildman–Crippen LogP) is 4.60. The summed E-state index contributed by atoms with van der Waals surface area (Å²) >= 11 is 1.25. The van der Waals surface area contributed by atoms with Crippen LogP contribution in [-0.2, 0) is 11.2 Å². The Morgan fingerprint density at radius 3 is 2.61 bits per heavy atom. The fraction of sp³-hybridized carbons (Fsp3) is 0.462. The molecule has 0 spiro atoms. The van der Waals surface area contributed by atoms with Crippen molar-refractivity contribution < 1.29 is 14.6 Å². The second-order valence-electron chi connectivity index (χ2n) is 9.11. The fourth-order valence-electron chi connectivity index (χ4n) is 4.77. The Morgan fingerprint density at radius 1 is 1.11 bits per heavy atom. The Bertz CT molecular complexity index is 1210. The molecule has 5 rings (SSSR count). The van der Waals surface area contributed by atoms with E-state index in [4.69, 9.17) is 14.7 Å². The summed E-state index contributed by atoms with van der Waals surface area (Å²) in [7, 11) is 0. The molecule has 0 aliphatic carbocycles. The van der Waals surface area contributed by atoms with Crippen molar-refractivity contribution in [1.82, 2.24) is 15.0 Å². The molecule has 2 N–H and O–H groups in total. The fourth-order valence-corrected chi connectivity index (χ4v) is 5.62. The minimum Gasteiger partial charge on any atom is -0.462 e. The van der Waals surface area contributed by atoms with Crippen LogP contribution in [0.5, 0.6) is 0 Å². The van der Waals surface area contributed by atoms with Gasteiger partial charge in [0.1, 0.15) is 16.5 Å². The van der Waals surface area contributed by atoms with Gasteiger partial charge in [0.2, 0.25) is 5.95 Å². The molecule has 9 nitrogen and oxygen atoms in total. The highest BCUT2D eigenvalue weighted by Gasteiger charge is 2.28. The number of ether oxygens (including phenoxy) is 1. The lowest BCUT2D eigenvalue weighted by Crippen LogP contribution is -2.37. The number of carbonyl (C=O) groups excluding carboxylic acids is 1. The molecular weight excluding hydrogens is 476 g/mol. The summed E-state index contributed by atoms with van der Waals surface area (Å²) in [6, 6.07) is 10.3. The Hall–Kier alpha value is -3.24. The van der Waals surface area contributed by atoms with Gasteiger partial charge in [-0.3, -0.25) is 5.32 Å². The first-order chi connectivity index (χ1) is 17.5. The third-order valence-electron chi connectivity index (χ3n) is 6.59. The molecule has 3 aromatic rings. The quantitative estimate of drug-likeness (QED) is 0.462. The zero-order chi connectivity index (χ0) is 25.1. The standard InChI is InChI=1S/C26H32N6O3S/c1-3-35-24(34)21-17(2)27-26(36-21)30-25-28-22(31-15-12-19(33)13-16-31)20-11-7-8-14-32(23(20)29-25)18-9-5-4-6-10-18/h4-6,9-10,19,33H,3,7-8,11-16H2,1-2H3,(H,27,28,29,30). The van der Waals surface area contributed by atoms with E-state index >= 15 is 0 Å². The number of nitrogens with one attached hydrogen (secondary N) is 1. The maximum Gasteiger partial charge on any atom is 0.350 e. The van der Waals surface area contributed by atoms with Crippen molar-refractivity contribution in [2.45, 2.75) is 52.1 Å². The van der Waals surface area contributed by atoms with Gasteiger partial charge >= 0.3 is 5.97 Å². The van der Waals surface area contributed by atoms with E-state index in [0.29, 0.717) is 28.3 Å². The monoisotopic (exact) mass is 508 g/mol. The van der Waals surface area contributed by atoms with Crippen molar-refractivity contribution in [3.05, 3.63) is 46.5 Å². The van der Waals surface area contributed by atoms with E-state index < -0.39 is 0 Å². The minimum absolute atomic E-state index is 0.264. The summed E-state index contributed by atoms with van der Waals surface area (Å²) in [5, 5.41) is 13.9. The van der Waals surface area contributed by atoms with Crippen molar-refractivity contribution in [3.8, 4) is 0 Å². The van der Waals surface area contributed by atoms with Gasteiger partial charge in [-0.25, -0.2) is 9.78 Å². The van der Waals surface area contributed by atoms with Gasteiger partial charge in [0, 0.05) is 30.9 Å². The summed E-state index contributed by atoms with van der Waals surface area (Å²) in [6.45, 7) is 6.27. The number of benzene rings is 1. The number of aromatic nitrogens is 3. The Morgan fingerprint density at radius 2 is 1.86 bits per heavy atom. The number of nitrogens with zero attached hydrogens (tertiary/aromatic N) is 5. The molecule has 36 heavy (non-hydrogen) atoms. The van der Waals surface area contributed by atoms with Gasteiger partial charge in [-0.05, 0) is 58.1 Å². The summed E-state index contributed by atoms with van der Waals surface area (Å²) in [6.07, 6.45) is 4.19. The summed E-state index contributed by atoms with van der Waals surface area (Å²) < 4.78 is 5.17. The lowest BCUT2D eigenvalue weighted by molar-refractivity contribution is 0.0531. The van der Waals surface area contributed by atoms with Crippen LogP contribution in [0.4, 0.5) is 28.4 Å². The first-order valence-corrected chi connectivity index (χ1v) is 13.4. The van der Waals surface area contributed by atoms with Crippen LogP contribution in [-0.4, -0.2) is 58.4 Å². The lowest BCUT2D eigenvalue weighted by Gasteiger charge is -2.33. The molecule has 2 aliphatic rings. The van der Waals surface area contributed by atoms with E-state index in [0.717, 1.165) is 74.6 Å². The van der Waals surface area contributed by atoms with Crippen LogP contribution in [0.2, 0.25) is 0 Å². The molecule has 190 valence electrons. The average molecular weight is 509 g/mol. The topological polar surface area (TPSA) is 104 Å². The van der Waals surface area contributed by atoms with Crippen molar-refractivity contribution in [2.24, 2.45) is 0 Å². The highest BCUT2D eigenvalue weighted by atomic mass is 32.1. The molecule has 0 atom stereocenters. The van der Waals surface area contributed by atoms with Gasteiger partial charge < -0.3 is 19.6 Å². The number of aliphatic hydroxyl groups is 1. The summed E-state index contributed by atoms with van der Waals surface area (Å²) in [5.74, 6) is 1.89. The number of esters is 1. The normalized spacial score (nSPS) is 16.4. The number of piperidine rings is 1. The highest BCUT2D eigenvalue weighted by molar-refractivity contribution is 7.17. The number of carbonyl (C=O) groups is 1. The Labute approximate surface area is 215 Å². The zero-order valence-corrected chi connectivity index (χ0v) is 21.6. The van der Waals surface area contributed by atoms with Crippen molar-refractivity contribution >= 4 is 45.7 Å². The van der Waals surface area contributed by atoms with Gasteiger partial charge in [-0.2, -0.15) is 9.97 Å². The number of rotatable bonds is 6. The van der Waals surface area contributed by atoms with Crippen molar-refractivity contribution in [2.75, 3.05) is 41.4 Å². The molecule has 0 radical (unpaired) electrons. The number of aliphatic hydroxyl groups excluding tert-OH is 1. The number of para-hydroxylation sites is 1. The molecule has 0 amide bonds. The molecular formula is C26H32N6O3S. The second-order valence-corrected chi connectivity index (χ2v) is 10.1. The van der Waals surface area contributed by atoms with Crippen molar-refractivity contribution in [1.29, 1.82) is 0 Å². The van der Waals surface area contributed by atoms with Gasteiger partial charge in [0.25, 0.3) is 0 Å². The predicted molar refractivity (Wildman–Crippen MR) is 142 cm³/mol. The molecule has 4 heterocycles. The van der Waals surface area contributed by atoms with Crippen LogP contribution in [0, 0.1) is 6.92 Å². The van der Waals surface area contributed by atoms with Gasteiger partial charge in [0.15, 0.2) is 5.13 Å². The zero-order valence-electron chi connectivity index (χ0n) is 20.7. The van der Waals surface area contributed by atoms with E-state index in [-0.39, 0.29) is 12.1 Å². The molecule has 2 aliphatic heterocycles. The first-order valence-electron chi connectivity index (χ1n) is 12.6. The van der Waals surface area contributed by atoms with Crippen molar-refractivity contribution in [3.63, 3.8) is 0 Å². The molecule has 0 saturated carbocycles. The molecule has 1 fully saturated rings. The number of anilines is 5. The van der Waals surface area contributed by atoms with Crippen LogP contribution in [0.25, 0.3) is 0 Å². The Kier molecular flexibility index (Phi) is 7.33. The number of aryl methyl sites for hydroxylation is 1. The first kappa shape index (κ1) is 24.5. The van der Waals surface area contributed by atoms with Crippen LogP contribution >= 0.6 is 11.3 Å². The third-order valence-corrected chi connectivity index (χ3v) is 7.64. The largest absolute Gasteiger partial charge is 0.462 e. The molecule has 1 aromatic carbocycles. The Balaban J connectivity index is 1.56. The number of hydrogen-bond acceptors (Lipinski definition) is 10. The molecule has 10 heteroatoms. The second kappa shape index (κ2) is 10.8. The van der Waals surface area contributed by atoms with Gasteiger partial charge in [-0.1, -0.05) is 29.5 Å². The maximum absolute atomic E-state index is 12.3. The smallest absolute Gasteiger partial charge is 0.350 e. The van der Waals surface area contributed by atoms with E-state index in [1.165, 1.54) is 11.3 Å². The van der Waals surface area contributed by atoms with Crippen LogP contribution in [0.3, 0.4) is 0 Å². The molecule has 0 unspecified atom stereocenters. The molecule has 2 aromatic heterocycles. The molecule has 0 bridgehead atoms. The highest BCUT2D eigenvalue weighted by Crippen LogP contribution is 2.38. The van der Waals surface area contributed by atoms with E-state index in [1.807, 2.05) is 18.2 Å². The number of hydrogen-bond donors (Lipinski definition) is 2. The average Bonchev–Trinajstić information content (AvgIpc) is 3.11. The van der Waals surface area contributed by atoms with E-state index in [1.54, 1.807) is 13.8 Å². The van der Waals surface area contributed by atoms with Crippen LogP contribution in [0.1, 0.15) is 53.5 Å². The summed E-state index contributed by atoms with van der Waals surface area (Å²) in [5.41, 5.74) is 2.85. The maximum atomic E-state index is 12.3. The molecule has 1 saturated heterocycles. The third kappa shape index (κ3) is 5.15. The number of fused-ring (bicyclic) bond motifs is 1. The minimum atomic E-state index is -0.369. The van der Waals surface area contributed by atoms with Crippen LogP contribution in [0.15, 0.2) is 30.3 Å². The number of thiazole rings is 1. The van der Waals surface area contributed by atoms with E-state index in [9.17, 15) is 9.90 Å². The van der Waals surface area contributed by atoms with Crippen LogP contribution < -0.4 is 15.1 Å². The summed E-state index contributed by atoms with van der Waals surface area (Å²) in [4.78, 5) is 31.8.